The van der Waals surface area contributed by atoms with Gasteiger partial charge in [-0.3, -0.25) is 14.2 Å². The average Bonchev–Trinajstić information content (AvgIpc) is 3.39. The molecular weight excluding hydrogens is 362 g/mol. The monoisotopic (exact) mass is 381 g/mol. The fourth-order valence-electron chi connectivity index (χ4n) is 2.48. The fraction of sp³-hybridized carbons (Fsp3) is 0.471. The van der Waals surface area contributed by atoms with E-state index < -0.39 is 0 Å². The third-order valence-electron chi connectivity index (χ3n) is 3.89. The molecule has 0 unspecified atom stereocenters. The van der Waals surface area contributed by atoms with Gasteiger partial charge in [-0.2, -0.15) is 0 Å². The number of aromatic nitrogens is 2. The molecule has 1 N–H and O–H groups in total. The van der Waals surface area contributed by atoms with Crippen molar-refractivity contribution in [3.05, 3.63) is 33.6 Å². The number of rotatable bonds is 8. The van der Waals surface area contributed by atoms with E-state index >= 15 is 0 Å². The van der Waals surface area contributed by atoms with Gasteiger partial charge in [0, 0.05) is 31.3 Å². The normalized spacial score (nSPS) is 14.0. The maximum Gasteiger partial charge on any atom is 0.262 e. The lowest BCUT2D eigenvalue weighted by Crippen LogP contribution is -2.28. The fourth-order valence-corrected chi connectivity index (χ4v) is 3.48. The Morgan fingerprint density at radius 2 is 2.28 bits per heavy atom. The largest absolute Gasteiger partial charge is 0.385 e. The summed E-state index contributed by atoms with van der Waals surface area (Å²) in [5.74, 6) is 0.204. The number of carbonyl (C=O) groups is 1. The van der Waals surface area contributed by atoms with Crippen molar-refractivity contribution < 1.29 is 9.53 Å². The summed E-state index contributed by atoms with van der Waals surface area (Å²) in [6.45, 7) is 1.04. The van der Waals surface area contributed by atoms with Gasteiger partial charge >= 0.3 is 0 Å². The number of methoxy groups -OCH3 is 1. The van der Waals surface area contributed by atoms with Crippen LogP contribution in [0.15, 0.2) is 28.2 Å². The standard InChI is InChI=1S/C17H20ClN3O3S/c1-24-8-2-7-21-16(23)13-6-3-11(18)9-14(13)20-17(21)25-10-15(22)19-12-4-5-12/h3,6,9,12H,2,4-5,7-8,10H2,1H3,(H,19,22). The number of ether oxygens (including phenoxy) is 1. The molecule has 1 heterocycles. The van der Waals surface area contributed by atoms with E-state index in [9.17, 15) is 9.59 Å². The van der Waals surface area contributed by atoms with Gasteiger partial charge in [0.1, 0.15) is 0 Å². The summed E-state index contributed by atoms with van der Waals surface area (Å²) in [5.41, 5.74) is 0.425. The quantitative estimate of drug-likeness (QED) is 0.432. The topological polar surface area (TPSA) is 73.2 Å². The van der Waals surface area contributed by atoms with E-state index in [0.29, 0.717) is 46.7 Å². The van der Waals surface area contributed by atoms with E-state index in [1.807, 2.05) is 0 Å². The minimum atomic E-state index is -0.122. The van der Waals surface area contributed by atoms with Crippen LogP contribution in [0.3, 0.4) is 0 Å². The number of hydrogen-bond donors (Lipinski definition) is 1. The number of amides is 1. The molecule has 1 aromatic heterocycles. The number of fused-ring (bicyclic) bond motifs is 1. The molecular formula is C17H20ClN3O3S. The number of nitrogens with one attached hydrogen (secondary N) is 1. The van der Waals surface area contributed by atoms with Crippen LogP contribution in [0.25, 0.3) is 10.9 Å². The Kier molecular flexibility index (Phi) is 5.98. The Bertz CT molecular complexity index is 836. The number of hydrogen-bond acceptors (Lipinski definition) is 5. The smallest absolute Gasteiger partial charge is 0.262 e. The molecule has 0 spiro atoms. The molecule has 0 radical (unpaired) electrons. The summed E-state index contributed by atoms with van der Waals surface area (Å²) in [4.78, 5) is 29.3. The molecule has 3 rings (SSSR count). The number of nitrogens with zero attached hydrogens (tertiary/aromatic N) is 2. The van der Waals surface area contributed by atoms with Gasteiger partial charge in [0.25, 0.3) is 5.56 Å². The van der Waals surface area contributed by atoms with E-state index in [0.717, 1.165) is 12.8 Å². The van der Waals surface area contributed by atoms with Crippen LogP contribution in [0.1, 0.15) is 19.3 Å². The summed E-state index contributed by atoms with van der Waals surface area (Å²) in [6.07, 6.45) is 2.79. The second-order valence-electron chi connectivity index (χ2n) is 5.99. The van der Waals surface area contributed by atoms with Crippen molar-refractivity contribution in [2.45, 2.75) is 37.0 Å². The first-order valence-electron chi connectivity index (χ1n) is 8.19. The summed E-state index contributed by atoms with van der Waals surface area (Å²) in [5, 5.41) is 4.52. The van der Waals surface area contributed by atoms with E-state index in [1.165, 1.54) is 11.8 Å². The van der Waals surface area contributed by atoms with Gasteiger partial charge in [0.05, 0.1) is 16.7 Å². The van der Waals surface area contributed by atoms with Gasteiger partial charge in [0.15, 0.2) is 5.16 Å². The van der Waals surface area contributed by atoms with Crippen molar-refractivity contribution in [2.24, 2.45) is 0 Å². The lowest BCUT2D eigenvalue weighted by atomic mass is 10.2. The van der Waals surface area contributed by atoms with Crippen molar-refractivity contribution in [1.29, 1.82) is 0 Å². The predicted octanol–water partition coefficient (Wildman–Crippen LogP) is 2.46. The molecule has 2 aromatic rings. The van der Waals surface area contributed by atoms with E-state index in [1.54, 1.807) is 29.9 Å². The number of benzene rings is 1. The number of carbonyl (C=O) groups excluding carboxylic acids is 1. The van der Waals surface area contributed by atoms with Crippen LogP contribution < -0.4 is 10.9 Å². The zero-order valence-corrected chi connectivity index (χ0v) is 15.5. The van der Waals surface area contributed by atoms with Gasteiger partial charge in [-0.15, -0.1) is 0 Å². The molecule has 1 fully saturated rings. The highest BCUT2D eigenvalue weighted by Crippen LogP contribution is 2.22. The van der Waals surface area contributed by atoms with Gasteiger partial charge in [-0.05, 0) is 37.5 Å². The number of thioether (sulfide) groups is 1. The van der Waals surface area contributed by atoms with Gasteiger partial charge < -0.3 is 10.1 Å². The molecule has 134 valence electrons. The summed E-state index contributed by atoms with van der Waals surface area (Å²) in [6, 6.07) is 5.36. The minimum absolute atomic E-state index is 0.0311. The second kappa shape index (κ2) is 8.21. The lowest BCUT2D eigenvalue weighted by Gasteiger charge is -2.13. The van der Waals surface area contributed by atoms with Crippen LogP contribution in [-0.4, -0.2) is 41.0 Å². The molecule has 1 aromatic carbocycles. The zero-order chi connectivity index (χ0) is 17.8. The molecule has 1 aliphatic carbocycles. The highest BCUT2D eigenvalue weighted by molar-refractivity contribution is 7.99. The molecule has 0 atom stereocenters. The van der Waals surface area contributed by atoms with Crippen LogP contribution in [0.2, 0.25) is 5.02 Å². The van der Waals surface area contributed by atoms with Crippen LogP contribution in [0.4, 0.5) is 0 Å². The van der Waals surface area contributed by atoms with E-state index in [2.05, 4.69) is 10.3 Å². The first-order valence-corrected chi connectivity index (χ1v) is 9.56. The SMILES string of the molecule is COCCCn1c(SCC(=O)NC2CC2)nc2cc(Cl)ccc2c1=O. The van der Waals surface area contributed by atoms with E-state index in [4.69, 9.17) is 16.3 Å². The maximum atomic E-state index is 12.8. The highest BCUT2D eigenvalue weighted by atomic mass is 35.5. The van der Waals surface area contributed by atoms with Crippen LogP contribution in [0.5, 0.6) is 0 Å². The molecule has 1 saturated carbocycles. The Balaban J connectivity index is 1.87. The van der Waals surface area contributed by atoms with Crippen LogP contribution >= 0.6 is 23.4 Å². The second-order valence-corrected chi connectivity index (χ2v) is 7.37. The molecule has 25 heavy (non-hydrogen) atoms. The molecule has 6 nitrogen and oxygen atoms in total. The molecule has 0 saturated heterocycles. The molecule has 0 bridgehead atoms. The summed E-state index contributed by atoms with van der Waals surface area (Å²) >= 11 is 7.29. The maximum absolute atomic E-state index is 12.8. The van der Waals surface area contributed by atoms with E-state index in [-0.39, 0.29) is 17.2 Å². The third-order valence-corrected chi connectivity index (χ3v) is 5.10. The summed E-state index contributed by atoms with van der Waals surface area (Å²) in [7, 11) is 1.63. The Morgan fingerprint density at radius 3 is 3.00 bits per heavy atom. The Morgan fingerprint density at radius 1 is 1.48 bits per heavy atom. The molecule has 8 heteroatoms. The molecule has 0 aliphatic heterocycles. The van der Waals surface area contributed by atoms with Crippen molar-refractivity contribution >= 4 is 40.2 Å². The zero-order valence-electron chi connectivity index (χ0n) is 14.0. The molecule has 1 aliphatic rings. The third kappa shape index (κ3) is 4.74. The minimum Gasteiger partial charge on any atom is -0.385 e. The number of halogens is 1. The summed E-state index contributed by atoms with van der Waals surface area (Å²) < 4.78 is 6.69. The highest BCUT2D eigenvalue weighted by Gasteiger charge is 2.23. The van der Waals surface area contributed by atoms with Gasteiger partial charge in [-0.25, -0.2) is 4.98 Å². The average molecular weight is 382 g/mol. The van der Waals surface area contributed by atoms with Crippen molar-refractivity contribution in [3.8, 4) is 0 Å². The van der Waals surface area contributed by atoms with Gasteiger partial charge in [0.2, 0.25) is 5.91 Å². The first kappa shape index (κ1) is 18.2. The van der Waals surface area contributed by atoms with Crippen molar-refractivity contribution in [3.63, 3.8) is 0 Å². The molecule has 1 amide bonds. The lowest BCUT2D eigenvalue weighted by molar-refractivity contribution is -0.118. The van der Waals surface area contributed by atoms with Crippen molar-refractivity contribution in [1.82, 2.24) is 14.9 Å². The van der Waals surface area contributed by atoms with Gasteiger partial charge in [-0.1, -0.05) is 23.4 Å². The van der Waals surface area contributed by atoms with Crippen LogP contribution in [0, 0.1) is 0 Å². The van der Waals surface area contributed by atoms with Crippen molar-refractivity contribution in [2.75, 3.05) is 19.5 Å². The Labute approximate surface area is 154 Å². The predicted molar refractivity (Wildman–Crippen MR) is 99.4 cm³/mol. The van der Waals surface area contributed by atoms with Crippen LogP contribution in [-0.2, 0) is 16.1 Å². The Hall–Kier alpha value is -1.57. The first-order chi connectivity index (χ1) is 12.1.